The minimum atomic E-state index is 0.816. The molecule has 1 heterocycles. The summed E-state index contributed by atoms with van der Waals surface area (Å²) in [7, 11) is 0. The van der Waals surface area contributed by atoms with E-state index in [4.69, 9.17) is 0 Å². The summed E-state index contributed by atoms with van der Waals surface area (Å²) in [5, 5.41) is 11.8. The Kier molecular flexibility index (Phi) is 4.36. The molecule has 4 nitrogen and oxygen atoms in total. The second-order valence-electron chi connectivity index (χ2n) is 4.38. The monoisotopic (exact) mass is 262 g/mol. The molecule has 0 spiro atoms. The van der Waals surface area contributed by atoms with Gasteiger partial charge in [0.05, 0.1) is 5.75 Å². The number of aromatic nitrogens is 4. The molecule has 0 amide bonds. The molecule has 0 N–H and O–H groups in total. The predicted molar refractivity (Wildman–Crippen MR) is 73.6 cm³/mol. The van der Waals surface area contributed by atoms with Crippen molar-refractivity contribution in [2.75, 3.05) is 0 Å². The van der Waals surface area contributed by atoms with Crippen LogP contribution >= 0.6 is 11.8 Å². The Hall–Kier alpha value is -1.36. The van der Waals surface area contributed by atoms with Crippen molar-refractivity contribution in [1.29, 1.82) is 0 Å². The second-order valence-corrected chi connectivity index (χ2v) is 5.39. The molecule has 2 aromatic rings. The number of thioether (sulfide) groups is 1. The van der Waals surface area contributed by atoms with Gasteiger partial charge >= 0.3 is 0 Å². The summed E-state index contributed by atoms with van der Waals surface area (Å²) in [5.74, 6) is 1.76. The van der Waals surface area contributed by atoms with Gasteiger partial charge in [0.1, 0.15) is 0 Å². The van der Waals surface area contributed by atoms with Crippen LogP contribution < -0.4 is 0 Å². The summed E-state index contributed by atoms with van der Waals surface area (Å²) in [6.45, 7) is 7.27. The first kappa shape index (κ1) is 13.1. The largest absolute Gasteiger partial charge is 0.229 e. The van der Waals surface area contributed by atoms with Crippen LogP contribution in [0, 0.1) is 13.8 Å². The van der Waals surface area contributed by atoms with E-state index in [9.17, 15) is 0 Å². The van der Waals surface area contributed by atoms with Gasteiger partial charge in [0.25, 0.3) is 0 Å². The quantitative estimate of drug-likeness (QED) is 0.777. The van der Waals surface area contributed by atoms with Crippen LogP contribution in [0.3, 0.4) is 0 Å². The Morgan fingerprint density at radius 1 is 1.28 bits per heavy atom. The molecule has 1 aromatic carbocycles. The highest BCUT2D eigenvalue weighted by molar-refractivity contribution is 7.98. The molecule has 0 aliphatic rings. The lowest BCUT2D eigenvalue weighted by Gasteiger charge is -2.06. The summed E-state index contributed by atoms with van der Waals surface area (Å²) in [6.07, 6.45) is 1.05. The van der Waals surface area contributed by atoms with Gasteiger partial charge in [-0.3, -0.25) is 0 Å². The molecule has 0 radical (unpaired) electrons. The van der Waals surface area contributed by atoms with Crippen molar-refractivity contribution in [2.24, 2.45) is 0 Å². The number of nitrogens with zero attached hydrogens (tertiary/aromatic N) is 4. The van der Waals surface area contributed by atoms with Crippen molar-refractivity contribution < 1.29 is 0 Å². The molecule has 0 aliphatic carbocycles. The molecule has 18 heavy (non-hydrogen) atoms. The molecule has 0 bridgehead atoms. The summed E-state index contributed by atoms with van der Waals surface area (Å²) >= 11 is 1.79. The molecule has 5 heteroatoms. The van der Waals surface area contributed by atoms with E-state index < -0.39 is 0 Å². The number of hydrogen-bond acceptors (Lipinski definition) is 4. The Labute approximate surface area is 112 Å². The molecular weight excluding hydrogens is 244 g/mol. The van der Waals surface area contributed by atoms with Crippen LogP contribution in [0.5, 0.6) is 0 Å². The minimum absolute atomic E-state index is 0.816. The summed E-state index contributed by atoms with van der Waals surface area (Å²) in [6, 6.07) is 6.52. The number of hydrogen-bond donors (Lipinski definition) is 0. The predicted octanol–water partition coefficient (Wildman–Crippen LogP) is 2.99. The van der Waals surface area contributed by atoms with Gasteiger partial charge in [-0.15, -0.1) is 16.9 Å². The van der Waals surface area contributed by atoms with Gasteiger partial charge in [-0.1, -0.05) is 24.6 Å². The van der Waals surface area contributed by atoms with Gasteiger partial charge in [-0.25, -0.2) is 4.68 Å². The van der Waals surface area contributed by atoms with Crippen LogP contribution in [0.15, 0.2) is 23.1 Å². The third-order valence-corrected chi connectivity index (χ3v) is 3.90. The number of rotatable bonds is 5. The zero-order chi connectivity index (χ0) is 13.0. The maximum atomic E-state index is 4.08. The van der Waals surface area contributed by atoms with Crippen LogP contribution in [0.4, 0.5) is 0 Å². The summed E-state index contributed by atoms with van der Waals surface area (Å²) in [5.41, 5.74) is 2.61. The van der Waals surface area contributed by atoms with Gasteiger partial charge in [0.2, 0.25) is 0 Å². The van der Waals surface area contributed by atoms with Crippen molar-refractivity contribution in [2.45, 2.75) is 44.4 Å². The maximum absolute atomic E-state index is 4.08. The second kappa shape index (κ2) is 6.00. The van der Waals surface area contributed by atoms with E-state index in [1.54, 1.807) is 11.8 Å². The molecule has 2 rings (SSSR count). The van der Waals surface area contributed by atoms with E-state index in [1.165, 1.54) is 16.0 Å². The van der Waals surface area contributed by atoms with Crippen LogP contribution in [0.2, 0.25) is 0 Å². The van der Waals surface area contributed by atoms with Gasteiger partial charge in [-0.2, -0.15) is 0 Å². The zero-order valence-corrected chi connectivity index (χ0v) is 11.9. The van der Waals surface area contributed by atoms with E-state index in [-0.39, 0.29) is 0 Å². The third-order valence-electron chi connectivity index (χ3n) is 2.73. The first-order valence-corrected chi connectivity index (χ1v) is 7.14. The van der Waals surface area contributed by atoms with Crippen LogP contribution in [-0.4, -0.2) is 20.2 Å². The Morgan fingerprint density at radius 3 is 2.83 bits per heavy atom. The van der Waals surface area contributed by atoms with E-state index in [1.807, 2.05) is 4.68 Å². The van der Waals surface area contributed by atoms with Crippen LogP contribution in [0.1, 0.15) is 30.3 Å². The molecule has 0 saturated carbocycles. The average Bonchev–Trinajstić information content (AvgIpc) is 2.76. The third kappa shape index (κ3) is 3.10. The molecule has 0 fully saturated rings. The lowest BCUT2D eigenvalue weighted by Crippen LogP contribution is -2.04. The Morgan fingerprint density at radius 2 is 2.11 bits per heavy atom. The molecule has 0 atom stereocenters. The number of benzene rings is 1. The summed E-state index contributed by atoms with van der Waals surface area (Å²) < 4.78 is 1.89. The molecule has 0 saturated heterocycles. The Bertz CT molecular complexity index is 521. The fourth-order valence-electron chi connectivity index (χ4n) is 1.82. The van der Waals surface area contributed by atoms with Crippen molar-refractivity contribution in [1.82, 2.24) is 20.2 Å². The molecule has 0 aliphatic heterocycles. The van der Waals surface area contributed by atoms with Gasteiger partial charge in [0, 0.05) is 11.4 Å². The van der Waals surface area contributed by atoms with E-state index in [2.05, 4.69) is 54.5 Å². The van der Waals surface area contributed by atoms with Gasteiger partial charge < -0.3 is 0 Å². The molecule has 96 valence electrons. The summed E-state index contributed by atoms with van der Waals surface area (Å²) in [4.78, 5) is 1.30. The first-order chi connectivity index (χ1) is 8.70. The van der Waals surface area contributed by atoms with Gasteiger partial charge in [-0.05, 0) is 42.3 Å². The van der Waals surface area contributed by atoms with E-state index in [0.29, 0.717) is 0 Å². The average molecular weight is 262 g/mol. The highest BCUT2D eigenvalue weighted by atomic mass is 32.2. The lowest BCUT2D eigenvalue weighted by atomic mass is 10.2. The van der Waals surface area contributed by atoms with Crippen molar-refractivity contribution >= 4 is 11.8 Å². The molecular formula is C13H18N4S. The highest BCUT2D eigenvalue weighted by Gasteiger charge is 2.07. The van der Waals surface area contributed by atoms with Crippen molar-refractivity contribution in [3.8, 4) is 0 Å². The van der Waals surface area contributed by atoms with Crippen LogP contribution in [-0.2, 0) is 12.3 Å². The standard InChI is InChI=1S/C13H18N4S/c1-4-7-17-13(14-15-16-17)9-18-12-6-5-10(2)8-11(12)3/h5-6,8H,4,7,9H2,1-3H3. The normalized spacial score (nSPS) is 10.8. The zero-order valence-electron chi connectivity index (χ0n) is 11.1. The minimum Gasteiger partial charge on any atom is -0.229 e. The fourth-order valence-corrected chi connectivity index (χ4v) is 2.76. The van der Waals surface area contributed by atoms with Crippen LogP contribution in [0.25, 0.3) is 0 Å². The SMILES string of the molecule is CCCn1nnnc1CSc1ccc(C)cc1C. The lowest BCUT2D eigenvalue weighted by molar-refractivity contribution is 0.564. The molecule has 1 aromatic heterocycles. The van der Waals surface area contributed by atoms with Crippen molar-refractivity contribution in [3.63, 3.8) is 0 Å². The van der Waals surface area contributed by atoms with E-state index >= 15 is 0 Å². The first-order valence-electron chi connectivity index (χ1n) is 6.15. The smallest absolute Gasteiger partial charge is 0.161 e. The highest BCUT2D eigenvalue weighted by Crippen LogP contribution is 2.25. The number of tetrazole rings is 1. The van der Waals surface area contributed by atoms with E-state index in [0.717, 1.165) is 24.5 Å². The fraction of sp³-hybridized carbons (Fsp3) is 0.462. The maximum Gasteiger partial charge on any atom is 0.161 e. The topological polar surface area (TPSA) is 43.6 Å². The Balaban J connectivity index is 2.04. The van der Waals surface area contributed by atoms with Gasteiger partial charge in [0.15, 0.2) is 5.82 Å². The number of aryl methyl sites for hydroxylation is 3. The molecule has 0 unspecified atom stereocenters. The van der Waals surface area contributed by atoms with Crippen molar-refractivity contribution in [3.05, 3.63) is 35.2 Å².